The highest BCUT2D eigenvalue weighted by Crippen LogP contribution is 2.37. The van der Waals surface area contributed by atoms with Crippen LogP contribution in [0.1, 0.15) is 19.8 Å². The minimum absolute atomic E-state index is 0.0352. The molecule has 4 nitrogen and oxygen atoms in total. The molecule has 4 heteroatoms. The number of rotatable bonds is 4. The van der Waals surface area contributed by atoms with Crippen LogP contribution in [0.15, 0.2) is 0 Å². The quantitative estimate of drug-likeness (QED) is 0.521. The topological polar surface area (TPSA) is 75.4 Å². The first kappa shape index (κ1) is 9.48. The van der Waals surface area contributed by atoms with Crippen molar-refractivity contribution in [2.75, 3.05) is 13.2 Å². The zero-order valence-electron chi connectivity index (χ0n) is 7.34. The number of carbonyl (C=O) groups excluding carboxylic acids is 1. The molecule has 1 unspecified atom stereocenters. The summed E-state index contributed by atoms with van der Waals surface area (Å²) in [6, 6.07) is 0. The van der Waals surface area contributed by atoms with Crippen molar-refractivity contribution in [2.45, 2.75) is 25.3 Å². The molecule has 0 saturated heterocycles. The molecule has 4 N–H and O–H groups in total. The van der Waals surface area contributed by atoms with E-state index in [-0.39, 0.29) is 12.5 Å². The largest absolute Gasteiger partial charge is 0.395 e. The van der Waals surface area contributed by atoms with E-state index in [0.717, 1.165) is 12.8 Å². The molecule has 0 heterocycles. The fourth-order valence-electron chi connectivity index (χ4n) is 1.23. The fourth-order valence-corrected chi connectivity index (χ4v) is 1.23. The van der Waals surface area contributed by atoms with Crippen molar-refractivity contribution < 1.29 is 9.90 Å². The second-order valence-electron chi connectivity index (χ2n) is 3.54. The molecule has 1 rings (SSSR count). The number of carbonyl (C=O) groups is 1. The predicted octanol–water partition coefficient (Wildman–Crippen LogP) is -0.778. The molecule has 1 amide bonds. The highest BCUT2D eigenvalue weighted by Gasteiger charge is 2.43. The summed E-state index contributed by atoms with van der Waals surface area (Å²) in [5, 5.41) is 11.1. The average Bonchev–Trinajstić information content (AvgIpc) is 2.81. The summed E-state index contributed by atoms with van der Waals surface area (Å²) >= 11 is 0. The van der Waals surface area contributed by atoms with Crippen LogP contribution in [0, 0.1) is 5.92 Å². The standard InChI is InChI=1S/C8H16N2O2/c1-8(9,6-2-3-6)7(12)10-4-5-11/h6,11H,2-5,9H2,1H3,(H,10,12). The van der Waals surface area contributed by atoms with E-state index in [1.54, 1.807) is 6.92 Å². The molecule has 1 fully saturated rings. The summed E-state index contributed by atoms with van der Waals surface area (Å²) < 4.78 is 0. The van der Waals surface area contributed by atoms with Crippen LogP contribution in [0.3, 0.4) is 0 Å². The van der Waals surface area contributed by atoms with E-state index in [2.05, 4.69) is 5.32 Å². The molecular weight excluding hydrogens is 156 g/mol. The maximum Gasteiger partial charge on any atom is 0.240 e. The lowest BCUT2D eigenvalue weighted by atomic mass is 9.96. The minimum atomic E-state index is -0.741. The van der Waals surface area contributed by atoms with Crippen molar-refractivity contribution in [2.24, 2.45) is 11.7 Å². The van der Waals surface area contributed by atoms with E-state index in [0.29, 0.717) is 12.5 Å². The maximum atomic E-state index is 11.4. The first-order chi connectivity index (χ1) is 5.59. The van der Waals surface area contributed by atoms with Gasteiger partial charge in [-0.05, 0) is 25.7 Å². The zero-order valence-corrected chi connectivity index (χ0v) is 7.34. The zero-order chi connectivity index (χ0) is 9.19. The van der Waals surface area contributed by atoms with Crippen LogP contribution in [-0.4, -0.2) is 29.7 Å². The summed E-state index contributed by atoms with van der Waals surface area (Å²) in [6.07, 6.45) is 2.08. The van der Waals surface area contributed by atoms with Crippen LogP contribution in [0.4, 0.5) is 0 Å². The smallest absolute Gasteiger partial charge is 0.240 e. The van der Waals surface area contributed by atoms with Gasteiger partial charge in [0.2, 0.25) is 5.91 Å². The molecule has 0 aromatic heterocycles. The summed E-state index contributed by atoms with van der Waals surface area (Å²) in [6.45, 7) is 2.00. The Bertz CT molecular complexity index is 176. The Kier molecular flexibility index (Phi) is 2.69. The van der Waals surface area contributed by atoms with Crippen molar-refractivity contribution >= 4 is 5.91 Å². The van der Waals surface area contributed by atoms with E-state index in [4.69, 9.17) is 10.8 Å². The Morgan fingerprint density at radius 2 is 2.33 bits per heavy atom. The van der Waals surface area contributed by atoms with Crippen LogP contribution in [-0.2, 0) is 4.79 Å². The number of aliphatic hydroxyl groups excluding tert-OH is 1. The summed E-state index contributed by atoms with van der Waals surface area (Å²) in [4.78, 5) is 11.4. The van der Waals surface area contributed by atoms with Gasteiger partial charge in [0, 0.05) is 6.54 Å². The monoisotopic (exact) mass is 172 g/mol. The number of hydrogen-bond donors (Lipinski definition) is 3. The highest BCUT2D eigenvalue weighted by atomic mass is 16.3. The number of hydrogen-bond acceptors (Lipinski definition) is 3. The molecule has 12 heavy (non-hydrogen) atoms. The van der Waals surface area contributed by atoms with Gasteiger partial charge < -0.3 is 16.2 Å². The van der Waals surface area contributed by atoms with Gasteiger partial charge in [-0.15, -0.1) is 0 Å². The second kappa shape index (κ2) is 3.41. The second-order valence-corrected chi connectivity index (χ2v) is 3.54. The summed E-state index contributed by atoms with van der Waals surface area (Å²) in [5.41, 5.74) is 5.07. The lowest BCUT2D eigenvalue weighted by molar-refractivity contribution is -0.126. The Balaban J connectivity index is 2.38. The third kappa shape index (κ3) is 1.95. The van der Waals surface area contributed by atoms with E-state index < -0.39 is 5.54 Å². The Morgan fingerprint density at radius 1 is 1.75 bits per heavy atom. The number of nitrogens with one attached hydrogen (secondary N) is 1. The average molecular weight is 172 g/mol. The van der Waals surface area contributed by atoms with Gasteiger partial charge in [0.25, 0.3) is 0 Å². The predicted molar refractivity (Wildman–Crippen MR) is 45.4 cm³/mol. The van der Waals surface area contributed by atoms with Crippen molar-refractivity contribution in [3.8, 4) is 0 Å². The van der Waals surface area contributed by atoms with Gasteiger partial charge in [-0.1, -0.05) is 0 Å². The van der Waals surface area contributed by atoms with E-state index >= 15 is 0 Å². The van der Waals surface area contributed by atoms with Gasteiger partial charge in [-0.25, -0.2) is 0 Å². The Hall–Kier alpha value is -0.610. The Morgan fingerprint density at radius 3 is 2.75 bits per heavy atom. The van der Waals surface area contributed by atoms with Crippen LogP contribution < -0.4 is 11.1 Å². The third-order valence-electron chi connectivity index (χ3n) is 2.31. The normalized spacial score (nSPS) is 21.6. The molecule has 1 aliphatic rings. The van der Waals surface area contributed by atoms with Crippen molar-refractivity contribution in [1.82, 2.24) is 5.32 Å². The molecule has 70 valence electrons. The van der Waals surface area contributed by atoms with Gasteiger partial charge in [0.15, 0.2) is 0 Å². The molecule has 0 aromatic carbocycles. The lowest BCUT2D eigenvalue weighted by Gasteiger charge is -2.22. The van der Waals surface area contributed by atoms with Gasteiger partial charge >= 0.3 is 0 Å². The molecule has 1 saturated carbocycles. The minimum Gasteiger partial charge on any atom is -0.395 e. The van der Waals surface area contributed by atoms with Gasteiger partial charge in [0.05, 0.1) is 12.1 Å². The van der Waals surface area contributed by atoms with E-state index in [1.165, 1.54) is 0 Å². The van der Waals surface area contributed by atoms with E-state index in [9.17, 15) is 4.79 Å². The SMILES string of the molecule is CC(N)(C(=O)NCCO)C1CC1. The van der Waals surface area contributed by atoms with Gasteiger partial charge in [0.1, 0.15) is 0 Å². The number of nitrogens with two attached hydrogens (primary N) is 1. The molecule has 0 aliphatic heterocycles. The summed E-state index contributed by atoms with van der Waals surface area (Å²) in [7, 11) is 0. The number of aliphatic hydroxyl groups is 1. The number of amides is 1. The molecule has 0 aromatic rings. The third-order valence-corrected chi connectivity index (χ3v) is 2.31. The van der Waals surface area contributed by atoms with Crippen molar-refractivity contribution in [1.29, 1.82) is 0 Å². The molecule has 1 atom stereocenters. The molecular formula is C8H16N2O2. The molecule has 0 radical (unpaired) electrons. The molecule has 0 bridgehead atoms. The maximum absolute atomic E-state index is 11.4. The van der Waals surface area contributed by atoms with Crippen LogP contribution in [0.2, 0.25) is 0 Å². The van der Waals surface area contributed by atoms with Gasteiger partial charge in [-0.3, -0.25) is 4.79 Å². The van der Waals surface area contributed by atoms with Gasteiger partial charge in [-0.2, -0.15) is 0 Å². The van der Waals surface area contributed by atoms with Crippen molar-refractivity contribution in [3.05, 3.63) is 0 Å². The van der Waals surface area contributed by atoms with Crippen LogP contribution in [0.5, 0.6) is 0 Å². The van der Waals surface area contributed by atoms with Crippen LogP contribution >= 0.6 is 0 Å². The Labute approximate surface area is 72.1 Å². The molecule has 1 aliphatic carbocycles. The first-order valence-electron chi connectivity index (χ1n) is 4.27. The summed E-state index contributed by atoms with van der Waals surface area (Å²) in [5.74, 6) is 0.176. The molecule has 0 spiro atoms. The lowest BCUT2D eigenvalue weighted by Crippen LogP contribution is -2.53. The fraction of sp³-hybridized carbons (Fsp3) is 0.875. The van der Waals surface area contributed by atoms with Crippen molar-refractivity contribution in [3.63, 3.8) is 0 Å². The first-order valence-corrected chi connectivity index (χ1v) is 4.27. The van der Waals surface area contributed by atoms with E-state index in [1.807, 2.05) is 0 Å². The highest BCUT2D eigenvalue weighted by molar-refractivity contribution is 5.86. The van der Waals surface area contributed by atoms with Crippen LogP contribution in [0.25, 0.3) is 0 Å².